The quantitative estimate of drug-likeness (QED) is 0.926. The van der Waals surface area contributed by atoms with Gasteiger partial charge in [0.05, 0.1) is 5.92 Å². The van der Waals surface area contributed by atoms with Crippen LogP contribution in [0.15, 0.2) is 30.3 Å². The molecule has 1 unspecified atom stereocenters. The van der Waals surface area contributed by atoms with Crippen LogP contribution in [-0.4, -0.2) is 35.8 Å². The number of hydrogen-bond donors (Lipinski definition) is 1. The van der Waals surface area contributed by atoms with E-state index >= 15 is 0 Å². The zero-order chi connectivity index (χ0) is 16.9. The first-order valence-electron chi connectivity index (χ1n) is 9.30. The summed E-state index contributed by atoms with van der Waals surface area (Å²) in [5, 5.41) is 3.13. The lowest BCUT2D eigenvalue weighted by molar-refractivity contribution is -0.138. The Bertz CT molecular complexity index is 564. The maximum atomic E-state index is 13.0. The zero-order valence-electron chi connectivity index (χ0n) is 14.5. The van der Waals surface area contributed by atoms with Crippen LogP contribution in [0.25, 0.3) is 0 Å². The highest BCUT2D eigenvalue weighted by molar-refractivity contribution is 5.94. The van der Waals surface area contributed by atoms with Gasteiger partial charge in [-0.25, -0.2) is 0 Å². The minimum absolute atomic E-state index is 0.0293. The fourth-order valence-corrected chi connectivity index (χ4v) is 3.90. The van der Waals surface area contributed by atoms with Gasteiger partial charge in [0.2, 0.25) is 5.91 Å². The highest BCUT2D eigenvalue weighted by Gasteiger charge is 2.35. The van der Waals surface area contributed by atoms with Gasteiger partial charge in [-0.3, -0.25) is 9.59 Å². The van der Waals surface area contributed by atoms with E-state index < -0.39 is 0 Å². The third-order valence-electron chi connectivity index (χ3n) is 5.53. The number of amides is 2. The van der Waals surface area contributed by atoms with Crippen LogP contribution in [0.4, 0.5) is 0 Å². The second-order valence-corrected chi connectivity index (χ2v) is 7.34. The van der Waals surface area contributed by atoms with Gasteiger partial charge in [-0.1, -0.05) is 38.0 Å². The van der Waals surface area contributed by atoms with E-state index in [4.69, 9.17) is 0 Å². The predicted molar refractivity (Wildman–Crippen MR) is 94.6 cm³/mol. The summed E-state index contributed by atoms with van der Waals surface area (Å²) < 4.78 is 0. The monoisotopic (exact) mass is 328 g/mol. The molecule has 1 saturated heterocycles. The van der Waals surface area contributed by atoms with E-state index in [-0.39, 0.29) is 23.8 Å². The minimum Gasteiger partial charge on any atom is -0.349 e. The molecule has 4 heteroatoms. The summed E-state index contributed by atoms with van der Waals surface area (Å²) in [6, 6.07) is 9.25. The third-order valence-corrected chi connectivity index (χ3v) is 5.53. The molecule has 1 aromatic rings. The predicted octanol–water partition coefficient (Wildman–Crippen LogP) is 3.23. The van der Waals surface area contributed by atoms with Crippen molar-refractivity contribution in [3.63, 3.8) is 0 Å². The summed E-state index contributed by atoms with van der Waals surface area (Å²) in [7, 11) is 0. The third kappa shape index (κ3) is 3.97. The van der Waals surface area contributed by atoms with Crippen molar-refractivity contribution in [1.82, 2.24) is 10.2 Å². The van der Waals surface area contributed by atoms with E-state index in [9.17, 15) is 9.59 Å². The molecule has 0 bridgehead atoms. The molecule has 2 fully saturated rings. The molecule has 0 radical (unpaired) electrons. The van der Waals surface area contributed by atoms with Crippen LogP contribution in [0.2, 0.25) is 0 Å². The van der Waals surface area contributed by atoms with Crippen molar-refractivity contribution < 1.29 is 9.59 Å². The Morgan fingerprint density at radius 3 is 2.38 bits per heavy atom. The van der Waals surface area contributed by atoms with Crippen molar-refractivity contribution >= 4 is 11.8 Å². The second-order valence-electron chi connectivity index (χ2n) is 7.34. The molecule has 0 spiro atoms. The van der Waals surface area contributed by atoms with E-state index in [1.807, 2.05) is 35.2 Å². The largest absolute Gasteiger partial charge is 0.349 e. The average molecular weight is 328 g/mol. The van der Waals surface area contributed by atoms with Gasteiger partial charge in [0.25, 0.3) is 5.91 Å². The molecule has 1 heterocycles. The molecule has 24 heavy (non-hydrogen) atoms. The topological polar surface area (TPSA) is 49.4 Å². The number of hydrogen-bond acceptors (Lipinski definition) is 2. The van der Waals surface area contributed by atoms with Crippen LogP contribution in [0.3, 0.4) is 0 Å². The Kier molecular flexibility index (Phi) is 5.54. The van der Waals surface area contributed by atoms with Crippen molar-refractivity contribution in [1.29, 1.82) is 0 Å². The second kappa shape index (κ2) is 7.82. The molecule has 2 amide bonds. The first kappa shape index (κ1) is 17.0. The molecule has 1 aromatic carbocycles. The minimum atomic E-state index is -0.0624. The van der Waals surface area contributed by atoms with Crippen LogP contribution in [0.5, 0.6) is 0 Å². The molecule has 2 aliphatic rings. The molecule has 0 aromatic heterocycles. The summed E-state index contributed by atoms with van der Waals surface area (Å²) >= 11 is 0. The van der Waals surface area contributed by atoms with Gasteiger partial charge in [0.15, 0.2) is 0 Å². The molecule has 130 valence electrons. The Morgan fingerprint density at radius 1 is 1.00 bits per heavy atom. The smallest absolute Gasteiger partial charge is 0.251 e. The number of nitrogens with zero attached hydrogens (tertiary/aromatic N) is 1. The Balaban J connectivity index is 1.65. The molecule has 1 saturated carbocycles. The zero-order valence-corrected chi connectivity index (χ0v) is 14.5. The van der Waals surface area contributed by atoms with Gasteiger partial charge in [0.1, 0.15) is 0 Å². The van der Waals surface area contributed by atoms with Gasteiger partial charge in [-0.15, -0.1) is 0 Å². The van der Waals surface area contributed by atoms with Gasteiger partial charge >= 0.3 is 0 Å². The molecule has 4 nitrogen and oxygen atoms in total. The molecule has 1 aliphatic carbocycles. The van der Waals surface area contributed by atoms with E-state index in [0.717, 1.165) is 51.6 Å². The lowest BCUT2D eigenvalue weighted by Gasteiger charge is -2.37. The average Bonchev–Trinajstić information content (AvgIpc) is 2.63. The van der Waals surface area contributed by atoms with Crippen LogP contribution in [0, 0.1) is 11.8 Å². The highest BCUT2D eigenvalue weighted by atomic mass is 16.2. The Hall–Kier alpha value is -1.84. The lowest BCUT2D eigenvalue weighted by Crippen LogP contribution is -2.51. The molecule has 1 aliphatic heterocycles. The van der Waals surface area contributed by atoms with Crippen molar-refractivity contribution in [2.75, 3.05) is 13.1 Å². The number of rotatable bonds is 3. The number of likely N-dealkylation sites (tertiary alicyclic amines) is 1. The van der Waals surface area contributed by atoms with Crippen LogP contribution >= 0.6 is 0 Å². The molecule has 1 N–H and O–H groups in total. The van der Waals surface area contributed by atoms with E-state index in [0.29, 0.717) is 11.5 Å². The van der Waals surface area contributed by atoms with E-state index in [1.165, 1.54) is 0 Å². The number of piperidine rings is 1. The lowest BCUT2D eigenvalue weighted by atomic mass is 9.82. The van der Waals surface area contributed by atoms with E-state index in [1.54, 1.807) is 0 Å². The SMILES string of the molecule is CC1CCN(C(=O)C2CCCC[C@@H]2NC(=O)c2ccccc2)CC1. The molecule has 3 rings (SSSR count). The van der Waals surface area contributed by atoms with Crippen LogP contribution < -0.4 is 5.32 Å². The van der Waals surface area contributed by atoms with Gasteiger partial charge in [-0.05, 0) is 43.7 Å². The Labute approximate surface area is 144 Å². The number of carbonyl (C=O) groups is 2. The number of nitrogens with one attached hydrogen (secondary N) is 1. The van der Waals surface area contributed by atoms with Crippen molar-refractivity contribution in [2.45, 2.75) is 51.5 Å². The Morgan fingerprint density at radius 2 is 1.67 bits per heavy atom. The first-order valence-corrected chi connectivity index (χ1v) is 9.30. The summed E-state index contributed by atoms with van der Waals surface area (Å²) in [5.41, 5.74) is 0.668. The maximum absolute atomic E-state index is 13.0. The fourth-order valence-electron chi connectivity index (χ4n) is 3.90. The number of benzene rings is 1. The summed E-state index contributed by atoms with van der Waals surface area (Å²) in [4.78, 5) is 27.5. The first-order chi connectivity index (χ1) is 11.6. The van der Waals surface area contributed by atoms with Gasteiger partial charge in [-0.2, -0.15) is 0 Å². The normalized spacial score (nSPS) is 25.3. The van der Waals surface area contributed by atoms with Crippen molar-refractivity contribution in [3.05, 3.63) is 35.9 Å². The van der Waals surface area contributed by atoms with Gasteiger partial charge < -0.3 is 10.2 Å². The van der Waals surface area contributed by atoms with Crippen LogP contribution in [-0.2, 0) is 4.79 Å². The summed E-state index contributed by atoms with van der Waals surface area (Å²) in [6.45, 7) is 4.00. The maximum Gasteiger partial charge on any atom is 0.251 e. The summed E-state index contributed by atoms with van der Waals surface area (Å²) in [6.07, 6.45) is 6.15. The fraction of sp³-hybridized carbons (Fsp3) is 0.600. The number of carbonyl (C=O) groups excluding carboxylic acids is 2. The molecular weight excluding hydrogens is 300 g/mol. The van der Waals surface area contributed by atoms with Crippen LogP contribution in [0.1, 0.15) is 55.8 Å². The highest BCUT2D eigenvalue weighted by Crippen LogP contribution is 2.28. The standard InChI is InChI=1S/C20H28N2O2/c1-15-11-13-22(14-12-15)20(24)17-9-5-6-10-18(17)21-19(23)16-7-3-2-4-8-16/h2-4,7-8,15,17-18H,5-6,9-14H2,1H3,(H,21,23)/t17?,18-/m0/s1. The summed E-state index contributed by atoms with van der Waals surface area (Å²) in [5.74, 6) is 0.848. The molecule has 2 atom stereocenters. The van der Waals surface area contributed by atoms with E-state index in [2.05, 4.69) is 12.2 Å². The molecular formula is C20H28N2O2. The van der Waals surface area contributed by atoms with Gasteiger partial charge in [0, 0.05) is 24.7 Å². The van der Waals surface area contributed by atoms with Crippen molar-refractivity contribution in [3.8, 4) is 0 Å². The van der Waals surface area contributed by atoms with Crippen molar-refractivity contribution in [2.24, 2.45) is 11.8 Å².